The van der Waals surface area contributed by atoms with Gasteiger partial charge in [-0.3, -0.25) is 0 Å². The van der Waals surface area contributed by atoms with Crippen LogP contribution in [0.4, 0.5) is 0 Å². The van der Waals surface area contributed by atoms with E-state index in [9.17, 15) is 20.1 Å². The Bertz CT molecular complexity index is 983. The van der Waals surface area contributed by atoms with E-state index >= 15 is 0 Å². The smallest absolute Gasteiger partial charge is 0.331 e. The van der Waals surface area contributed by atoms with Crippen LogP contribution in [0, 0.1) is 28.6 Å². The van der Waals surface area contributed by atoms with Crippen molar-refractivity contribution in [3.05, 3.63) is 11.6 Å². The van der Waals surface area contributed by atoms with Gasteiger partial charge in [0.25, 0.3) is 0 Å². The van der Waals surface area contributed by atoms with E-state index in [1.54, 1.807) is 13.2 Å². The third kappa shape index (κ3) is 3.73. The number of rotatable bonds is 4. The van der Waals surface area contributed by atoms with Crippen molar-refractivity contribution in [3.63, 3.8) is 0 Å². The number of carbonyl (C=O) groups is 1. The zero-order chi connectivity index (χ0) is 27.1. The van der Waals surface area contributed by atoms with Gasteiger partial charge in [0.15, 0.2) is 6.29 Å². The van der Waals surface area contributed by atoms with Crippen molar-refractivity contribution in [2.75, 3.05) is 13.7 Å². The molecule has 4 saturated carbocycles. The first-order valence-corrected chi connectivity index (χ1v) is 14.8. The van der Waals surface area contributed by atoms with Crippen molar-refractivity contribution in [1.29, 1.82) is 0 Å². The van der Waals surface area contributed by atoms with Gasteiger partial charge in [0.05, 0.1) is 29.5 Å². The van der Waals surface area contributed by atoms with Gasteiger partial charge in [-0.25, -0.2) is 4.79 Å². The molecule has 6 rings (SSSR count). The van der Waals surface area contributed by atoms with Crippen LogP contribution < -0.4 is 0 Å². The van der Waals surface area contributed by atoms with Crippen LogP contribution in [0.25, 0.3) is 0 Å². The highest BCUT2D eigenvalue weighted by molar-refractivity contribution is 5.85. The van der Waals surface area contributed by atoms with Crippen LogP contribution in [0.3, 0.4) is 0 Å². The lowest BCUT2D eigenvalue weighted by Crippen LogP contribution is -2.73. The van der Waals surface area contributed by atoms with Crippen molar-refractivity contribution >= 4 is 5.97 Å². The summed E-state index contributed by atoms with van der Waals surface area (Å²) in [6.45, 7) is 6.64. The Balaban J connectivity index is 1.18. The maximum absolute atomic E-state index is 12.5. The minimum Gasteiger partial charge on any atom is -0.458 e. The van der Waals surface area contributed by atoms with Crippen molar-refractivity contribution in [3.8, 4) is 0 Å². The van der Waals surface area contributed by atoms with Crippen molar-refractivity contribution in [1.82, 2.24) is 0 Å². The van der Waals surface area contributed by atoms with E-state index in [-0.39, 0.29) is 47.8 Å². The Morgan fingerprint density at radius 3 is 2.53 bits per heavy atom. The molecule has 0 aromatic heterocycles. The molecule has 12 atom stereocenters. The average Bonchev–Trinajstić information content (AvgIpc) is 3.42. The van der Waals surface area contributed by atoms with Crippen LogP contribution in [-0.2, 0) is 23.7 Å². The molecule has 5 fully saturated rings. The average molecular weight is 535 g/mol. The van der Waals surface area contributed by atoms with Crippen molar-refractivity contribution in [2.45, 2.75) is 127 Å². The van der Waals surface area contributed by atoms with Crippen molar-refractivity contribution < 1.29 is 39.1 Å². The van der Waals surface area contributed by atoms with E-state index in [4.69, 9.17) is 18.9 Å². The van der Waals surface area contributed by atoms with Crippen LogP contribution in [0.2, 0.25) is 0 Å². The number of aliphatic hydroxyl groups is 3. The molecule has 3 N–H and O–H groups in total. The molecule has 2 heterocycles. The largest absolute Gasteiger partial charge is 0.458 e. The Hall–Kier alpha value is -1.03. The number of cyclic esters (lactones) is 1. The van der Waals surface area contributed by atoms with Gasteiger partial charge in [0.1, 0.15) is 12.7 Å². The van der Waals surface area contributed by atoms with Gasteiger partial charge in [0.2, 0.25) is 0 Å². The summed E-state index contributed by atoms with van der Waals surface area (Å²) in [6.07, 6.45) is 7.78. The second kappa shape index (κ2) is 9.25. The zero-order valence-corrected chi connectivity index (χ0v) is 23.4. The van der Waals surface area contributed by atoms with E-state index in [2.05, 4.69) is 13.8 Å². The lowest BCUT2D eigenvalue weighted by atomic mass is 9.41. The van der Waals surface area contributed by atoms with Crippen LogP contribution in [0.1, 0.15) is 85.0 Å². The van der Waals surface area contributed by atoms with Gasteiger partial charge in [-0.15, -0.1) is 0 Å². The maximum Gasteiger partial charge on any atom is 0.331 e. The predicted molar refractivity (Wildman–Crippen MR) is 138 cm³/mol. The monoisotopic (exact) mass is 534 g/mol. The first kappa shape index (κ1) is 27.2. The van der Waals surface area contributed by atoms with Gasteiger partial charge < -0.3 is 34.3 Å². The van der Waals surface area contributed by atoms with Gasteiger partial charge in [-0.2, -0.15) is 0 Å². The maximum atomic E-state index is 12.5. The molecule has 0 amide bonds. The van der Waals surface area contributed by atoms with E-state index in [1.807, 2.05) is 6.92 Å². The lowest BCUT2D eigenvalue weighted by Gasteiger charge is -2.67. The second-order valence-corrected chi connectivity index (χ2v) is 13.8. The van der Waals surface area contributed by atoms with Crippen LogP contribution in [0.15, 0.2) is 11.6 Å². The molecule has 8 nitrogen and oxygen atoms in total. The van der Waals surface area contributed by atoms with E-state index in [0.717, 1.165) is 50.5 Å². The molecule has 0 bridgehead atoms. The first-order chi connectivity index (χ1) is 17.9. The normalized spacial score (nSPS) is 54.5. The molecule has 0 aromatic rings. The quantitative estimate of drug-likeness (QED) is 0.372. The minimum absolute atomic E-state index is 0.0286. The number of carbonyl (C=O) groups excluding carboxylic acids is 1. The SMILES string of the molecule is COC1C[C@H](OC2CCC3(C)[C@H](CC[C@]4(O)[C@@H]3CCC3(C)C(C5=CC(=O)OC5)CCC34O)C2)OC(C)C1O. The molecule has 214 valence electrons. The molecule has 8 unspecified atom stereocenters. The van der Waals surface area contributed by atoms with E-state index in [1.165, 1.54) is 0 Å². The fraction of sp³-hybridized carbons (Fsp3) is 0.900. The summed E-state index contributed by atoms with van der Waals surface area (Å²) >= 11 is 0. The fourth-order valence-corrected chi connectivity index (χ4v) is 10.1. The molecule has 2 aliphatic heterocycles. The molecular formula is C30H46O8. The van der Waals surface area contributed by atoms with Crippen LogP contribution >= 0.6 is 0 Å². The van der Waals surface area contributed by atoms with Gasteiger partial charge in [-0.1, -0.05) is 13.8 Å². The molecule has 1 saturated heterocycles. The summed E-state index contributed by atoms with van der Waals surface area (Å²) in [6, 6.07) is 0. The molecule has 8 heteroatoms. The van der Waals surface area contributed by atoms with E-state index in [0.29, 0.717) is 31.8 Å². The van der Waals surface area contributed by atoms with Crippen molar-refractivity contribution in [2.24, 2.45) is 28.6 Å². The Morgan fingerprint density at radius 2 is 1.82 bits per heavy atom. The zero-order valence-electron chi connectivity index (χ0n) is 23.4. The molecule has 0 radical (unpaired) electrons. The third-order valence-corrected chi connectivity index (χ3v) is 12.3. The molecule has 6 aliphatic rings. The topological polar surface area (TPSA) is 115 Å². The summed E-state index contributed by atoms with van der Waals surface area (Å²) in [5.74, 6) is 0.206. The number of fused-ring (bicyclic) bond motifs is 5. The Kier molecular flexibility index (Phi) is 6.61. The molecule has 0 aromatic carbocycles. The number of methoxy groups -OCH3 is 1. The number of aliphatic hydroxyl groups excluding tert-OH is 1. The molecule has 4 aliphatic carbocycles. The number of ether oxygens (including phenoxy) is 4. The highest BCUT2D eigenvalue weighted by Gasteiger charge is 2.74. The predicted octanol–water partition coefficient (Wildman–Crippen LogP) is 3.25. The van der Waals surface area contributed by atoms with Gasteiger partial charge >= 0.3 is 5.97 Å². The minimum atomic E-state index is -1.18. The van der Waals surface area contributed by atoms with E-state index < -0.39 is 22.7 Å². The summed E-state index contributed by atoms with van der Waals surface area (Å²) in [5, 5.41) is 35.2. The highest BCUT2D eigenvalue weighted by atomic mass is 16.7. The number of hydrogen-bond donors (Lipinski definition) is 3. The van der Waals surface area contributed by atoms with Gasteiger partial charge in [0, 0.05) is 25.0 Å². The third-order valence-electron chi connectivity index (χ3n) is 12.3. The van der Waals surface area contributed by atoms with Gasteiger partial charge in [-0.05, 0) is 93.5 Å². The first-order valence-electron chi connectivity index (χ1n) is 14.8. The number of hydrogen-bond acceptors (Lipinski definition) is 8. The summed E-state index contributed by atoms with van der Waals surface area (Å²) < 4.78 is 23.1. The van der Waals surface area contributed by atoms with Crippen LogP contribution in [0.5, 0.6) is 0 Å². The summed E-state index contributed by atoms with van der Waals surface area (Å²) in [5.41, 5.74) is -1.88. The summed E-state index contributed by atoms with van der Waals surface area (Å²) in [4.78, 5) is 11.8. The lowest BCUT2D eigenvalue weighted by molar-refractivity contribution is -0.304. The summed E-state index contributed by atoms with van der Waals surface area (Å²) in [7, 11) is 1.62. The molecule has 38 heavy (non-hydrogen) atoms. The molecular weight excluding hydrogens is 488 g/mol. The standard InChI is InChI=1S/C30H46O8/c1-17-26(32)22(35-4)15-25(37-17)38-20-6-9-27(2)19(14-20)5-11-29(33)23(27)8-10-28(3)21(7-12-30(28,29)34)18-13-24(31)36-16-18/h13,17,19-23,25-26,32-34H,5-12,14-16H2,1-4H3/t17?,19-,20?,21?,22?,23-,25+,26?,27?,28?,29+,30?/m1/s1. The highest BCUT2D eigenvalue weighted by Crippen LogP contribution is 2.71. The second-order valence-electron chi connectivity index (χ2n) is 13.8. The number of esters is 1. The Morgan fingerprint density at radius 1 is 1.03 bits per heavy atom. The Labute approximate surface area is 226 Å². The van der Waals surface area contributed by atoms with Crippen LogP contribution in [-0.4, -0.2) is 76.9 Å². The molecule has 0 spiro atoms. The fourth-order valence-electron chi connectivity index (χ4n) is 10.1.